The highest BCUT2D eigenvalue weighted by atomic mass is 16.6. The zero-order chi connectivity index (χ0) is 22.3. The van der Waals surface area contributed by atoms with Crippen LogP contribution >= 0.6 is 0 Å². The van der Waals surface area contributed by atoms with Crippen molar-refractivity contribution in [3.8, 4) is 0 Å². The molecule has 0 saturated carbocycles. The van der Waals surface area contributed by atoms with Gasteiger partial charge in [-0.1, -0.05) is 12.1 Å². The van der Waals surface area contributed by atoms with E-state index in [1.54, 1.807) is 50.2 Å². The molecule has 0 aromatic heterocycles. The number of fused-ring (bicyclic) bond motifs is 1. The summed E-state index contributed by atoms with van der Waals surface area (Å²) in [5, 5.41) is 1.48. The average Bonchev–Trinajstić information content (AvgIpc) is 2.69. The number of hydrogen-bond donors (Lipinski definition) is 0. The minimum atomic E-state index is -0.580. The molecule has 8 nitrogen and oxygen atoms in total. The molecule has 2 unspecified atom stereocenters. The Morgan fingerprint density at radius 3 is 1.73 bits per heavy atom. The summed E-state index contributed by atoms with van der Waals surface area (Å²) in [6, 6.07) is 9.85. The SMILES string of the molecule is CC(=O)OCC(C)OC(=O)c1ccc2cc(C(=O)OCC(C)OC(C)=O)ccc2c1. The summed E-state index contributed by atoms with van der Waals surface area (Å²) in [7, 11) is 0. The Kier molecular flexibility index (Phi) is 7.91. The van der Waals surface area contributed by atoms with E-state index in [1.807, 2.05) is 0 Å². The fraction of sp³-hybridized carbons (Fsp3) is 0.364. The molecule has 30 heavy (non-hydrogen) atoms. The molecule has 8 heteroatoms. The Labute approximate surface area is 174 Å². The van der Waals surface area contributed by atoms with Crippen molar-refractivity contribution in [2.24, 2.45) is 0 Å². The molecular weight excluding hydrogens is 392 g/mol. The highest BCUT2D eigenvalue weighted by Gasteiger charge is 2.15. The van der Waals surface area contributed by atoms with Gasteiger partial charge in [0.1, 0.15) is 25.4 Å². The maximum Gasteiger partial charge on any atom is 0.338 e. The van der Waals surface area contributed by atoms with E-state index in [0.717, 1.165) is 10.8 Å². The van der Waals surface area contributed by atoms with Crippen LogP contribution in [0.1, 0.15) is 48.4 Å². The molecule has 2 aromatic rings. The van der Waals surface area contributed by atoms with Crippen molar-refractivity contribution in [1.82, 2.24) is 0 Å². The predicted octanol–water partition coefficient (Wildman–Crippen LogP) is 3.06. The van der Waals surface area contributed by atoms with Gasteiger partial charge in [-0.3, -0.25) is 9.59 Å². The van der Waals surface area contributed by atoms with Crippen molar-refractivity contribution in [3.63, 3.8) is 0 Å². The summed E-state index contributed by atoms with van der Waals surface area (Å²) in [6.07, 6.45) is -1.12. The van der Waals surface area contributed by atoms with E-state index >= 15 is 0 Å². The number of benzene rings is 2. The largest absolute Gasteiger partial charge is 0.462 e. The van der Waals surface area contributed by atoms with Gasteiger partial charge >= 0.3 is 23.9 Å². The maximum atomic E-state index is 12.3. The van der Waals surface area contributed by atoms with Crippen molar-refractivity contribution in [1.29, 1.82) is 0 Å². The van der Waals surface area contributed by atoms with Crippen LogP contribution in [0.3, 0.4) is 0 Å². The first-order valence-corrected chi connectivity index (χ1v) is 9.38. The summed E-state index contributed by atoms with van der Waals surface area (Å²) in [4.78, 5) is 46.2. The fourth-order valence-corrected chi connectivity index (χ4v) is 2.61. The number of hydrogen-bond acceptors (Lipinski definition) is 8. The standard InChI is InChI=1S/C22H24O8/c1-13(29-16(4)24)12-28-21(25)19-7-5-18-10-20(8-6-17(18)9-19)22(26)30-14(2)11-27-15(3)23/h5-10,13-14H,11-12H2,1-4H3. The van der Waals surface area contributed by atoms with Crippen molar-refractivity contribution >= 4 is 34.6 Å². The number of carbonyl (C=O) groups excluding carboxylic acids is 4. The van der Waals surface area contributed by atoms with Crippen LogP contribution in [0.5, 0.6) is 0 Å². The zero-order valence-electron chi connectivity index (χ0n) is 17.3. The van der Waals surface area contributed by atoms with Crippen LogP contribution in [0.15, 0.2) is 36.4 Å². The number of rotatable bonds is 8. The molecule has 0 spiro atoms. The van der Waals surface area contributed by atoms with Crippen molar-refractivity contribution in [2.75, 3.05) is 13.2 Å². The van der Waals surface area contributed by atoms with E-state index < -0.39 is 36.1 Å². The Morgan fingerprint density at radius 1 is 0.700 bits per heavy atom. The van der Waals surface area contributed by atoms with Gasteiger partial charge < -0.3 is 18.9 Å². The molecule has 0 saturated heterocycles. The Morgan fingerprint density at radius 2 is 1.20 bits per heavy atom. The number of carbonyl (C=O) groups is 4. The molecule has 0 aliphatic rings. The van der Waals surface area contributed by atoms with Crippen LogP contribution in [0.2, 0.25) is 0 Å². The second-order valence-electron chi connectivity index (χ2n) is 6.81. The molecule has 160 valence electrons. The van der Waals surface area contributed by atoms with Gasteiger partial charge in [0.05, 0.1) is 11.1 Å². The first-order chi connectivity index (χ1) is 14.2. The van der Waals surface area contributed by atoms with Gasteiger partial charge in [-0.05, 0) is 48.9 Å². The van der Waals surface area contributed by atoms with Gasteiger partial charge in [0.2, 0.25) is 0 Å². The van der Waals surface area contributed by atoms with E-state index in [9.17, 15) is 19.2 Å². The van der Waals surface area contributed by atoms with Gasteiger partial charge in [-0.25, -0.2) is 9.59 Å². The zero-order valence-corrected chi connectivity index (χ0v) is 17.3. The van der Waals surface area contributed by atoms with E-state index in [4.69, 9.17) is 18.9 Å². The average molecular weight is 416 g/mol. The quantitative estimate of drug-likeness (QED) is 0.478. The van der Waals surface area contributed by atoms with Gasteiger partial charge in [-0.15, -0.1) is 0 Å². The minimum absolute atomic E-state index is 0.0177. The minimum Gasteiger partial charge on any atom is -0.462 e. The maximum absolute atomic E-state index is 12.3. The molecule has 0 amide bonds. The third-order valence-electron chi connectivity index (χ3n) is 3.96. The first kappa shape index (κ1) is 22.9. The topological polar surface area (TPSA) is 105 Å². The molecular formula is C22H24O8. The molecule has 0 radical (unpaired) electrons. The summed E-state index contributed by atoms with van der Waals surface area (Å²) < 4.78 is 20.1. The molecule has 0 N–H and O–H groups in total. The normalized spacial score (nSPS) is 12.5. The summed E-state index contributed by atoms with van der Waals surface area (Å²) in [5.41, 5.74) is 0.672. The molecule has 0 aliphatic heterocycles. The van der Waals surface area contributed by atoms with E-state index in [2.05, 4.69) is 0 Å². The molecule has 0 heterocycles. The monoisotopic (exact) mass is 416 g/mol. The van der Waals surface area contributed by atoms with Crippen molar-refractivity contribution in [3.05, 3.63) is 47.5 Å². The smallest absolute Gasteiger partial charge is 0.338 e. The van der Waals surface area contributed by atoms with Crippen molar-refractivity contribution in [2.45, 2.75) is 39.9 Å². The molecule has 2 atom stereocenters. The lowest BCUT2D eigenvalue weighted by Gasteiger charge is -2.13. The molecule has 0 aliphatic carbocycles. The summed E-state index contributed by atoms with van der Waals surface area (Å²) in [6.45, 7) is 5.75. The highest BCUT2D eigenvalue weighted by Crippen LogP contribution is 2.20. The highest BCUT2D eigenvalue weighted by molar-refractivity contribution is 5.99. The third-order valence-corrected chi connectivity index (χ3v) is 3.96. The Bertz CT molecular complexity index is 949. The molecule has 0 bridgehead atoms. The van der Waals surface area contributed by atoms with Gasteiger partial charge in [-0.2, -0.15) is 0 Å². The van der Waals surface area contributed by atoms with Crippen LogP contribution in [0, 0.1) is 0 Å². The lowest BCUT2D eigenvalue weighted by atomic mass is 10.0. The van der Waals surface area contributed by atoms with Gasteiger partial charge in [0, 0.05) is 13.8 Å². The Hall–Kier alpha value is -3.42. The fourth-order valence-electron chi connectivity index (χ4n) is 2.61. The van der Waals surface area contributed by atoms with Crippen molar-refractivity contribution < 1.29 is 38.1 Å². The molecule has 2 aromatic carbocycles. The first-order valence-electron chi connectivity index (χ1n) is 9.38. The number of esters is 4. The van der Waals surface area contributed by atoms with Gasteiger partial charge in [0.15, 0.2) is 0 Å². The van der Waals surface area contributed by atoms with E-state index in [0.29, 0.717) is 11.1 Å². The molecule has 0 fully saturated rings. The van der Waals surface area contributed by atoms with Crippen LogP contribution < -0.4 is 0 Å². The number of ether oxygens (including phenoxy) is 4. The lowest BCUT2D eigenvalue weighted by Crippen LogP contribution is -2.21. The summed E-state index contributed by atoms with van der Waals surface area (Å²) in [5.74, 6) is -1.98. The summed E-state index contributed by atoms with van der Waals surface area (Å²) >= 11 is 0. The second-order valence-corrected chi connectivity index (χ2v) is 6.81. The predicted molar refractivity (Wildman–Crippen MR) is 107 cm³/mol. The second kappa shape index (κ2) is 10.4. The third kappa shape index (κ3) is 6.88. The van der Waals surface area contributed by atoms with Gasteiger partial charge in [0.25, 0.3) is 0 Å². The van der Waals surface area contributed by atoms with Crippen LogP contribution in [0.25, 0.3) is 10.8 Å². The van der Waals surface area contributed by atoms with Crippen LogP contribution in [0.4, 0.5) is 0 Å². The van der Waals surface area contributed by atoms with Crippen LogP contribution in [-0.4, -0.2) is 49.3 Å². The lowest BCUT2D eigenvalue weighted by molar-refractivity contribution is -0.147. The Balaban J connectivity index is 2.03. The van der Waals surface area contributed by atoms with Crippen LogP contribution in [-0.2, 0) is 28.5 Å². The van der Waals surface area contributed by atoms with E-state index in [-0.39, 0.29) is 13.2 Å². The molecule has 2 rings (SSSR count). The van der Waals surface area contributed by atoms with E-state index in [1.165, 1.54) is 13.8 Å².